The van der Waals surface area contributed by atoms with Gasteiger partial charge in [0.05, 0.1) is 32.6 Å². The van der Waals surface area contributed by atoms with Gasteiger partial charge in [-0.1, -0.05) is 18.2 Å². The van der Waals surface area contributed by atoms with Crippen LogP contribution in [-0.2, 0) is 6.54 Å². The lowest BCUT2D eigenvalue weighted by molar-refractivity contribution is 0.167. The second-order valence-corrected chi connectivity index (χ2v) is 6.44. The summed E-state index contributed by atoms with van der Waals surface area (Å²) in [6.07, 6.45) is -0.532. The van der Waals surface area contributed by atoms with E-state index in [-0.39, 0.29) is 0 Å². The number of methoxy groups -OCH3 is 2. The van der Waals surface area contributed by atoms with Crippen molar-refractivity contribution in [1.82, 2.24) is 4.57 Å². The highest BCUT2D eigenvalue weighted by Crippen LogP contribution is 2.29. The topological polar surface area (TPSA) is 55.6 Å². The summed E-state index contributed by atoms with van der Waals surface area (Å²) in [6, 6.07) is 13.9. The summed E-state index contributed by atoms with van der Waals surface area (Å²) in [6.45, 7) is 5.18. The Morgan fingerprint density at radius 2 is 1.85 bits per heavy atom. The molecule has 0 saturated heterocycles. The number of hydrogen-bond donors (Lipinski definition) is 2. The Labute approximate surface area is 154 Å². The Morgan fingerprint density at radius 1 is 1.08 bits per heavy atom. The number of aromatic nitrogens is 1. The van der Waals surface area contributed by atoms with Gasteiger partial charge in [0.2, 0.25) is 0 Å². The zero-order valence-corrected chi connectivity index (χ0v) is 15.7. The van der Waals surface area contributed by atoms with Gasteiger partial charge < -0.3 is 24.5 Å². The normalized spacial score (nSPS) is 12.2. The smallest absolute Gasteiger partial charge is 0.145 e. The van der Waals surface area contributed by atoms with Gasteiger partial charge in [-0.15, -0.1) is 0 Å². The van der Waals surface area contributed by atoms with E-state index >= 15 is 0 Å². The van der Waals surface area contributed by atoms with E-state index in [9.17, 15) is 5.11 Å². The number of aliphatic hydroxyl groups excluding tert-OH is 1. The van der Waals surface area contributed by atoms with Crippen LogP contribution in [0.25, 0.3) is 10.9 Å². The average molecular weight is 354 g/mol. The SMILES string of the molecule is COc1ccc(NCC(O)Cn2c(C)c(C)c3ccccc32)c(OC)c1. The number of hydrogen-bond acceptors (Lipinski definition) is 4. The van der Waals surface area contributed by atoms with Gasteiger partial charge in [0.1, 0.15) is 11.5 Å². The van der Waals surface area contributed by atoms with Crippen LogP contribution in [0, 0.1) is 13.8 Å². The molecule has 0 spiro atoms. The van der Waals surface area contributed by atoms with Crippen molar-refractivity contribution in [3.8, 4) is 11.5 Å². The molecule has 0 fully saturated rings. The monoisotopic (exact) mass is 354 g/mol. The van der Waals surface area contributed by atoms with Crippen LogP contribution in [-0.4, -0.2) is 36.5 Å². The highest BCUT2D eigenvalue weighted by molar-refractivity contribution is 5.85. The fourth-order valence-electron chi connectivity index (χ4n) is 3.29. The minimum atomic E-state index is -0.532. The largest absolute Gasteiger partial charge is 0.497 e. The third-order valence-electron chi connectivity index (χ3n) is 4.88. The highest BCUT2D eigenvalue weighted by Gasteiger charge is 2.14. The summed E-state index contributed by atoms with van der Waals surface area (Å²) in [5.41, 5.74) is 4.44. The molecule has 138 valence electrons. The van der Waals surface area contributed by atoms with Gasteiger partial charge in [-0.3, -0.25) is 0 Å². The molecule has 0 aliphatic carbocycles. The van der Waals surface area contributed by atoms with Crippen molar-refractivity contribution in [2.24, 2.45) is 0 Å². The van der Waals surface area contributed by atoms with Gasteiger partial charge in [0.25, 0.3) is 0 Å². The number of anilines is 1. The Hall–Kier alpha value is -2.66. The van der Waals surface area contributed by atoms with Crippen LogP contribution < -0.4 is 14.8 Å². The molecule has 2 aromatic carbocycles. The first-order valence-corrected chi connectivity index (χ1v) is 8.73. The Bertz CT molecular complexity index is 902. The van der Waals surface area contributed by atoms with E-state index in [4.69, 9.17) is 9.47 Å². The molecule has 0 radical (unpaired) electrons. The highest BCUT2D eigenvalue weighted by atomic mass is 16.5. The summed E-state index contributed by atoms with van der Waals surface area (Å²) in [5, 5.41) is 15.1. The van der Waals surface area contributed by atoms with Gasteiger partial charge in [0, 0.05) is 29.2 Å². The molecule has 3 rings (SSSR count). The Balaban J connectivity index is 1.72. The maximum Gasteiger partial charge on any atom is 0.145 e. The molecule has 5 heteroatoms. The Kier molecular flexibility index (Phi) is 5.38. The van der Waals surface area contributed by atoms with Crippen molar-refractivity contribution in [1.29, 1.82) is 0 Å². The van der Waals surface area contributed by atoms with Crippen LogP contribution in [0.1, 0.15) is 11.3 Å². The van der Waals surface area contributed by atoms with E-state index in [1.807, 2.05) is 30.3 Å². The van der Waals surface area contributed by atoms with Crippen molar-refractivity contribution >= 4 is 16.6 Å². The van der Waals surface area contributed by atoms with Gasteiger partial charge in [0.15, 0.2) is 0 Å². The maximum absolute atomic E-state index is 10.6. The molecule has 3 aromatic rings. The molecule has 1 heterocycles. The third-order valence-corrected chi connectivity index (χ3v) is 4.88. The number of benzene rings is 2. The molecule has 2 N–H and O–H groups in total. The number of nitrogens with zero attached hydrogens (tertiary/aromatic N) is 1. The average Bonchev–Trinajstić information content (AvgIpc) is 2.91. The van der Waals surface area contributed by atoms with E-state index in [0.717, 1.165) is 17.0 Å². The molecule has 1 unspecified atom stereocenters. The Morgan fingerprint density at radius 3 is 2.58 bits per heavy atom. The van der Waals surface area contributed by atoms with E-state index in [1.165, 1.54) is 16.6 Å². The van der Waals surface area contributed by atoms with Gasteiger partial charge in [-0.2, -0.15) is 0 Å². The second kappa shape index (κ2) is 7.70. The van der Waals surface area contributed by atoms with Gasteiger partial charge in [-0.05, 0) is 37.6 Å². The van der Waals surface area contributed by atoms with Crippen LogP contribution >= 0.6 is 0 Å². The zero-order valence-electron chi connectivity index (χ0n) is 15.7. The molecule has 0 aliphatic rings. The molecule has 26 heavy (non-hydrogen) atoms. The van der Waals surface area contributed by atoms with Crippen molar-refractivity contribution in [2.45, 2.75) is 26.5 Å². The van der Waals surface area contributed by atoms with Crippen molar-refractivity contribution in [2.75, 3.05) is 26.1 Å². The third kappa shape index (κ3) is 3.48. The zero-order chi connectivity index (χ0) is 18.7. The number of fused-ring (bicyclic) bond motifs is 1. The maximum atomic E-state index is 10.6. The molecular weight excluding hydrogens is 328 g/mol. The standard InChI is InChI=1S/C21H26N2O3/c1-14-15(2)23(20-8-6-5-7-18(14)20)13-16(24)12-22-19-10-9-17(25-3)11-21(19)26-4/h5-11,16,22,24H,12-13H2,1-4H3. The van der Waals surface area contributed by atoms with Crippen LogP contribution in [0.3, 0.4) is 0 Å². The molecule has 0 amide bonds. The van der Waals surface area contributed by atoms with Crippen molar-refractivity contribution in [3.05, 3.63) is 53.7 Å². The van der Waals surface area contributed by atoms with E-state index < -0.39 is 6.10 Å². The number of para-hydroxylation sites is 1. The number of ether oxygens (including phenoxy) is 2. The number of nitrogens with one attached hydrogen (secondary N) is 1. The first kappa shape index (κ1) is 18.1. The van der Waals surface area contributed by atoms with Crippen LogP contribution in [0.2, 0.25) is 0 Å². The minimum Gasteiger partial charge on any atom is -0.497 e. The van der Waals surface area contributed by atoms with Crippen LogP contribution in [0.15, 0.2) is 42.5 Å². The molecular formula is C21H26N2O3. The number of aryl methyl sites for hydroxylation is 1. The number of aliphatic hydroxyl groups is 1. The molecule has 0 saturated carbocycles. The first-order valence-electron chi connectivity index (χ1n) is 8.73. The summed E-state index contributed by atoms with van der Waals surface area (Å²) >= 11 is 0. The summed E-state index contributed by atoms with van der Waals surface area (Å²) in [7, 11) is 3.24. The summed E-state index contributed by atoms with van der Waals surface area (Å²) in [5.74, 6) is 1.42. The molecule has 0 bridgehead atoms. The predicted octanol–water partition coefficient (Wildman–Crippen LogP) is 3.75. The molecule has 0 aliphatic heterocycles. The van der Waals surface area contributed by atoms with Gasteiger partial charge >= 0.3 is 0 Å². The summed E-state index contributed by atoms with van der Waals surface area (Å²) in [4.78, 5) is 0. The van der Waals surface area contributed by atoms with E-state index in [1.54, 1.807) is 14.2 Å². The van der Waals surface area contributed by atoms with Crippen molar-refractivity contribution in [3.63, 3.8) is 0 Å². The molecule has 5 nitrogen and oxygen atoms in total. The van der Waals surface area contributed by atoms with Crippen LogP contribution in [0.5, 0.6) is 11.5 Å². The fraction of sp³-hybridized carbons (Fsp3) is 0.333. The lowest BCUT2D eigenvalue weighted by atomic mass is 10.2. The van der Waals surface area contributed by atoms with E-state index in [2.05, 4.69) is 35.9 Å². The fourth-order valence-corrected chi connectivity index (χ4v) is 3.29. The van der Waals surface area contributed by atoms with Crippen LogP contribution in [0.4, 0.5) is 5.69 Å². The minimum absolute atomic E-state index is 0.424. The molecule has 1 aromatic heterocycles. The lowest BCUT2D eigenvalue weighted by Crippen LogP contribution is -2.25. The van der Waals surface area contributed by atoms with Gasteiger partial charge in [-0.25, -0.2) is 0 Å². The first-order chi connectivity index (χ1) is 12.5. The second-order valence-electron chi connectivity index (χ2n) is 6.44. The lowest BCUT2D eigenvalue weighted by Gasteiger charge is -2.17. The quantitative estimate of drug-likeness (QED) is 0.678. The summed E-state index contributed by atoms with van der Waals surface area (Å²) < 4.78 is 12.8. The number of rotatable bonds is 7. The molecule has 1 atom stereocenters. The van der Waals surface area contributed by atoms with E-state index in [0.29, 0.717) is 18.8 Å². The predicted molar refractivity (Wildman–Crippen MR) is 105 cm³/mol. The van der Waals surface area contributed by atoms with Crippen molar-refractivity contribution < 1.29 is 14.6 Å².